The van der Waals surface area contributed by atoms with Gasteiger partial charge >= 0.3 is 0 Å². The zero-order chi connectivity index (χ0) is 18.6. The SMILES string of the molecule is CCc1cccc(CC)c1N(CC(=O)N1CCCC(C)C1)S(C)(=O)=O. The minimum atomic E-state index is -3.54. The van der Waals surface area contributed by atoms with E-state index in [9.17, 15) is 13.2 Å². The van der Waals surface area contributed by atoms with Crippen LogP contribution in [-0.2, 0) is 27.7 Å². The zero-order valence-corrected chi connectivity index (χ0v) is 16.6. The number of likely N-dealkylation sites (tertiary alicyclic amines) is 1. The first-order valence-corrected chi connectivity index (χ1v) is 11.0. The average Bonchev–Trinajstić information content (AvgIpc) is 2.57. The molecule has 1 amide bonds. The second kappa shape index (κ2) is 8.21. The number of carbonyl (C=O) groups is 1. The molecule has 0 spiro atoms. The molecule has 25 heavy (non-hydrogen) atoms. The standard InChI is InChI=1S/C19H30N2O3S/c1-5-16-10-7-11-17(6-2)19(16)21(25(4,23)24)14-18(22)20-12-8-9-15(3)13-20/h7,10-11,15H,5-6,8-9,12-14H2,1-4H3. The number of hydrogen-bond acceptors (Lipinski definition) is 3. The second-order valence-corrected chi connectivity index (χ2v) is 8.90. The van der Waals surface area contributed by atoms with Crippen molar-refractivity contribution in [3.63, 3.8) is 0 Å². The average molecular weight is 367 g/mol. The molecule has 0 aromatic heterocycles. The van der Waals surface area contributed by atoms with Gasteiger partial charge in [0, 0.05) is 13.1 Å². The lowest BCUT2D eigenvalue weighted by atomic mass is 10.0. The van der Waals surface area contributed by atoms with Gasteiger partial charge in [0.25, 0.3) is 0 Å². The lowest BCUT2D eigenvalue weighted by Crippen LogP contribution is -2.46. The number of sulfonamides is 1. The first kappa shape index (κ1) is 19.8. The van der Waals surface area contributed by atoms with E-state index in [0.717, 1.165) is 43.4 Å². The predicted molar refractivity (Wildman–Crippen MR) is 102 cm³/mol. The number of anilines is 1. The molecule has 0 saturated carbocycles. The molecule has 1 aliphatic rings. The van der Waals surface area contributed by atoms with Crippen molar-refractivity contribution in [2.24, 2.45) is 5.92 Å². The van der Waals surface area contributed by atoms with Gasteiger partial charge in [0.2, 0.25) is 15.9 Å². The Balaban J connectivity index is 2.37. The Morgan fingerprint density at radius 1 is 1.24 bits per heavy atom. The quantitative estimate of drug-likeness (QED) is 0.778. The van der Waals surface area contributed by atoms with Gasteiger partial charge in [0.1, 0.15) is 6.54 Å². The summed E-state index contributed by atoms with van der Waals surface area (Å²) in [5, 5.41) is 0. The third-order valence-corrected chi connectivity index (χ3v) is 6.02. The lowest BCUT2D eigenvalue weighted by molar-refractivity contribution is -0.131. The Morgan fingerprint density at radius 3 is 2.32 bits per heavy atom. The number of aryl methyl sites for hydroxylation is 2. The Labute approximate surface area is 152 Å². The van der Waals surface area contributed by atoms with Gasteiger partial charge in [-0.2, -0.15) is 0 Å². The molecule has 1 aromatic carbocycles. The highest BCUT2D eigenvalue weighted by Crippen LogP contribution is 2.29. The van der Waals surface area contributed by atoms with E-state index in [-0.39, 0.29) is 12.5 Å². The smallest absolute Gasteiger partial charge is 0.243 e. The Kier molecular flexibility index (Phi) is 6.49. The van der Waals surface area contributed by atoms with E-state index >= 15 is 0 Å². The van der Waals surface area contributed by atoms with Gasteiger partial charge in [-0.15, -0.1) is 0 Å². The van der Waals surface area contributed by atoms with Crippen LogP contribution in [0, 0.1) is 5.92 Å². The van der Waals surface area contributed by atoms with Crippen LogP contribution in [0.4, 0.5) is 5.69 Å². The minimum Gasteiger partial charge on any atom is -0.341 e. The van der Waals surface area contributed by atoms with Crippen LogP contribution in [0.1, 0.15) is 44.7 Å². The molecule has 1 fully saturated rings. The topological polar surface area (TPSA) is 57.7 Å². The largest absolute Gasteiger partial charge is 0.341 e. The maximum absolute atomic E-state index is 12.8. The second-order valence-electron chi connectivity index (χ2n) is 6.99. The summed E-state index contributed by atoms with van der Waals surface area (Å²) in [6, 6.07) is 5.84. The van der Waals surface area contributed by atoms with Crippen LogP contribution < -0.4 is 4.31 Å². The van der Waals surface area contributed by atoms with E-state index in [4.69, 9.17) is 0 Å². The molecule has 1 aromatic rings. The van der Waals surface area contributed by atoms with Crippen molar-refractivity contribution in [3.8, 4) is 0 Å². The van der Waals surface area contributed by atoms with Gasteiger partial charge in [-0.05, 0) is 42.7 Å². The van der Waals surface area contributed by atoms with Crippen molar-refractivity contribution >= 4 is 21.6 Å². The molecule has 1 saturated heterocycles. The van der Waals surface area contributed by atoms with Crippen molar-refractivity contribution in [3.05, 3.63) is 29.3 Å². The summed E-state index contributed by atoms with van der Waals surface area (Å²) in [6.45, 7) is 7.47. The minimum absolute atomic E-state index is 0.107. The summed E-state index contributed by atoms with van der Waals surface area (Å²) in [5.74, 6) is 0.364. The molecule has 1 heterocycles. The molecular weight excluding hydrogens is 336 g/mol. The fourth-order valence-electron chi connectivity index (χ4n) is 3.54. The van der Waals surface area contributed by atoms with Crippen molar-refractivity contribution in [2.45, 2.75) is 46.5 Å². The zero-order valence-electron chi connectivity index (χ0n) is 15.8. The van der Waals surface area contributed by atoms with Crippen LogP contribution >= 0.6 is 0 Å². The van der Waals surface area contributed by atoms with Crippen molar-refractivity contribution < 1.29 is 13.2 Å². The molecule has 0 N–H and O–H groups in total. The van der Waals surface area contributed by atoms with Crippen LogP contribution in [0.25, 0.3) is 0 Å². The van der Waals surface area contributed by atoms with Crippen LogP contribution in [-0.4, -0.2) is 45.1 Å². The fourth-order valence-corrected chi connectivity index (χ4v) is 4.45. The number of amides is 1. The van der Waals surface area contributed by atoms with Gasteiger partial charge in [0.15, 0.2) is 0 Å². The van der Waals surface area contributed by atoms with Gasteiger partial charge in [0.05, 0.1) is 11.9 Å². The summed E-state index contributed by atoms with van der Waals surface area (Å²) in [6.07, 6.45) is 4.75. The molecule has 0 aliphatic carbocycles. The van der Waals surface area contributed by atoms with Gasteiger partial charge in [-0.1, -0.05) is 39.0 Å². The maximum atomic E-state index is 12.8. The van der Waals surface area contributed by atoms with E-state index in [1.54, 1.807) is 0 Å². The summed E-state index contributed by atoms with van der Waals surface area (Å²) in [7, 11) is -3.54. The van der Waals surface area contributed by atoms with Gasteiger partial charge in [-0.3, -0.25) is 9.10 Å². The fraction of sp³-hybridized carbons (Fsp3) is 0.632. The third kappa shape index (κ3) is 4.75. The Bertz CT molecular complexity index is 693. The molecule has 140 valence electrons. The molecular formula is C19H30N2O3S. The van der Waals surface area contributed by atoms with Crippen molar-refractivity contribution in [1.82, 2.24) is 4.90 Å². The molecule has 0 radical (unpaired) electrons. The number of rotatable bonds is 6. The summed E-state index contributed by atoms with van der Waals surface area (Å²) >= 11 is 0. The van der Waals surface area contributed by atoms with E-state index in [2.05, 4.69) is 6.92 Å². The number of hydrogen-bond donors (Lipinski definition) is 0. The van der Waals surface area contributed by atoms with E-state index in [1.165, 1.54) is 10.6 Å². The number of piperidine rings is 1. The van der Waals surface area contributed by atoms with Gasteiger partial charge in [-0.25, -0.2) is 8.42 Å². The molecule has 1 aliphatic heterocycles. The molecule has 6 heteroatoms. The van der Waals surface area contributed by atoms with Gasteiger partial charge < -0.3 is 4.90 Å². The van der Waals surface area contributed by atoms with Crippen molar-refractivity contribution in [2.75, 3.05) is 30.2 Å². The molecule has 5 nitrogen and oxygen atoms in total. The highest BCUT2D eigenvalue weighted by Gasteiger charge is 2.28. The number of nitrogens with zero attached hydrogens (tertiary/aromatic N) is 2. The number of benzene rings is 1. The first-order chi connectivity index (χ1) is 11.8. The maximum Gasteiger partial charge on any atom is 0.243 e. The van der Waals surface area contributed by atoms with E-state index in [1.807, 2.05) is 36.9 Å². The molecule has 1 unspecified atom stereocenters. The van der Waals surface area contributed by atoms with E-state index in [0.29, 0.717) is 18.2 Å². The van der Waals surface area contributed by atoms with Crippen LogP contribution in [0.2, 0.25) is 0 Å². The highest BCUT2D eigenvalue weighted by molar-refractivity contribution is 7.92. The highest BCUT2D eigenvalue weighted by atomic mass is 32.2. The number of carbonyl (C=O) groups excluding carboxylic acids is 1. The van der Waals surface area contributed by atoms with Crippen molar-refractivity contribution in [1.29, 1.82) is 0 Å². The Morgan fingerprint density at radius 2 is 1.84 bits per heavy atom. The lowest BCUT2D eigenvalue weighted by Gasteiger charge is -2.33. The predicted octanol–water partition coefficient (Wildman–Crippen LogP) is 2.84. The number of para-hydroxylation sites is 1. The summed E-state index contributed by atoms with van der Waals surface area (Å²) in [5.41, 5.74) is 2.61. The third-order valence-electron chi connectivity index (χ3n) is 4.90. The van der Waals surface area contributed by atoms with Crippen LogP contribution in [0.15, 0.2) is 18.2 Å². The molecule has 2 rings (SSSR count). The van der Waals surface area contributed by atoms with E-state index < -0.39 is 10.0 Å². The van der Waals surface area contributed by atoms with Crippen LogP contribution in [0.5, 0.6) is 0 Å². The molecule has 1 atom stereocenters. The summed E-state index contributed by atoms with van der Waals surface area (Å²) in [4.78, 5) is 14.6. The normalized spacial score (nSPS) is 18.2. The van der Waals surface area contributed by atoms with Crippen LogP contribution in [0.3, 0.4) is 0 Å². The molecule has 0 bridgehead atoms. The Hall–Kier alpha value is -1.56. The summed E-state index contributed by atoms with van der Waals surface area (Å²) < 4.78 is 26.3. The first-order valence-electron chi connectivity index (χ1n) is 9.14. The monoisotopic (exact) mass is 366 g/mol.